The number of nitrogens with zero attached hydrogens (tertiary/aromatic N) is 2. The van der Waals surface area contributed by atoms with Crippen molar-refractivity contribution in [3.8, 4) is 11.1 Å². The summed E-state index contributed by atoms with van der Waals surface area (Å²) < 4.78 is 0. The Morgan fingerprint density at radius 2 is 1.43 bits per heavy atom. The van der Waals surface area contributed by atoms with Crippen LogP contribution in [0.1, 0.15) is 0 Å². The summed E-state index contributed by atoms with van der Waals surface area (Å²) >= 11 is 0. The van der Waals surface area contributed by atoms with Crippen LogP contribution in [0.5, 0.6) is 0 Å². The molecule has 3 aromatic carbocycles. The molecule has 21 heavy (non-hydrogen) atoms. The first-order chi connectivity index (χ1) is 9.92. The summed E-state index contributed by atoms with van der Waals surface area (Å²) in [6.45, 7) is 0. The predicted molar refractivity (Wildman–Crippen MR) is 83.4 cm³/mol. The smallest absolute Gasteiger partial charge is 0.0817 e. The van der Waals surface area contributed by atoms with Gasteiger partial charge in [-0.15, -0.1) is 0 Å². The van der Waals surface area contributed by atoms with E-state index in [9.17, 15) is 0 Å². The van der Waals surface area contributed by atoms with Crippen LogP contribution in [-0.4, -0.2) is 23.9 Å². The minimum absolute atomic E-state index is 0. The first-order valence-corrected chi connectivity index (χ1v) is 6.71. The van der Waals surface area contributed by atoms with Crippen LogP contribution in [-0.2, 0) is 0 Å². The van der Waals surface area contributed by atoms with Crippen LogP contribution in [0.25, 0.3) is 11.1 Å². The molecule has 0 N–H and O–H groups in total. The summed E-state index contributed by atoms with van der Waals surface area (Å²) in [5, 5.41) is 4.52. The van der Waals surface area contributed by atoms with E-state index in [4.69, 9.17) is 9.98 Å². The summed E-state index contributed by atoms with van der Waals surface area (Å²) in [7, 11) is 0. The SMILES string of the molecule is [Sn].c1ccc2c(c1)N=c1ccc3c(c1-2)N=c1ccccc1=3. The maximum atomic E-state index is 4.83. The number of rotatable bonds is 0. The maximum Gasteiger partial charge on any atom is 0.0817 e. The fraction of sp³-hybridized carbons (Fsp3) is 0. The van der Waals surface area contributed by atoms with Crippen molar-refractivity contribution in [2.75, 3.05) is 0 Å². The van der Waals surface area contributed by atoms with Crippen molar-refractivity contribution >= 4 is 35.3 Å². The van der Waals surface area contributed by atoms with Crippen LogP contribution in [0.4, 0.5) is 11.4 Å². The van der Waals surface area contributed by atoms with Gasteiger partial charge in [0, 0.05) is 45.5 Å². The van der Waals surface area contributed by atoms with Gasteiger partial charge in [0.25, 0.3) is 0 Å². The van der Waals surface area contributed by atoms with Crippen LogP contribution in [0.15, 0.2) is 70.6 Å². The second-order valence-electron chi connectivity index (χ2n) is 5.11. The Morgan fingerprint density at radius 3 is 2.38 bits per heavy atom. The minimum atomic E-state index is 0. The fourth-order valence-corrected chi connectivity index (χ4v) is 3.10. The summed E-state index contributed by atoms with van der Waals surface area (Å²) in [4.78, 5) is 9.52. The van der Waals surface area contributed by atoms with Crippen LogP contribution in [0, 0.1) is 10.4 Å². The molecule has 2 heterocycles. The van der Waals surface area contributed by atoms with Crippen molar-refractivity contribution in [3.63, 3.8) is 0 Å². The van der Waals surface area contributed by atoms with Crippen LogP contribution < -0.4 is 10.7 Å². The molecule has 2 aliphatic rings. The number of hydrogen-bond acceptors (Lipinski definition) is 2. The van der Waals surface area contributed by atoms with E-state index in [-0.39, 0.29) is 23.9 Å². The van der Waals surface area contributed by atoms with Gasteiger partial charge < -0.3 is 0 Å². The Hall–Kier alpha value is -1.94. The van der Waals surface area contributed by atoms with E-state index in [0.717, 1.165) is 22.1 Å². The first kappa shape index (κ1) is 12.8. The first-order valence-electron chi connectivity index (χ1n) is 6.71. The molecule has 0 amide bonds. The molecule has 0 aliphatic carbocycles. The number of hydrogen-bond donors (Lipinski definition) is 0. The summed E-state index contributed by atoms with van der Waals surface area (Å²) in [6, 6.07) is 20.8. The zero-order valence-corrected chi connectivity index (χ0v) is 14.0. The summed E-state index contributed by atoms with van der Waals surface area (Å²) in [5.74, 6) is 0. The van der Waals surface area contributed by atoms with E-state index in [0.29, 0.717) is 0 Å². The van der Waals surface area contributed by atoms with Gasteiger partial charge >= 0.3 is 0 Å². The van der Waals surface area contributed by atoms with Gasteiger partial charge in [-0.2, -0.15) is 0 Å². The monoisotopic (exact) mass is 374 g/mol. The summed E-state index contributed by atoms with van der Waals surface area (Å²) in [5.41, 5.74) is 4.48. The Labute approximate surface area is 138 Å². The molecular formula is C18H10N2Sn. The quantitative estimate of drug-likeness (QED) is 0.373. The molecule has 0 unspecified atom stereocenters. The standard InChI is InChI=1S/C18H10N2.Sn/c1-3-7-14-11(5-1)12-9-10-16-17(18(12)20-14)13-6-2-4-8-15(13)19-16;/h1-10H;. The van der Waals surface area contributed by atoms with Gasteiger partial charge in [-0.3, -0.25) is 0 Å². The molecule has 2 aliphatic heterocycles. The Kier molecular flexibility index (Phi) is 2.76. The van der Waals surface area contributed by atoms with Gasteiger partial charge in [-0.25, -0.2) is 9.98 Å². The van der Waals surface area contributed by atoms with E-state index in [1.54, 1.807) is 0 Å². The third kappa shape index (κ3) is 1.65. The average Bonchev–Trinajstić information content (AvgIpc) is 3.04. The molecule has 0 saturated carbocycles. The Bertz CT molecular complexity index is 1100. The van der Waals surface area contributed by atoms with Crippen LogP contribution >= 0.6 is 0 Å². The van der Waals surface area contributed by atoms with Gasteiger partial charge in [0.15, 0.2) is 0 Å². The third-order valence-corrected chi connectivity index (χ3v) is 4.00. The molecule has 3 heteroatoms. The van der Waals surface area contributed by atoms with Crippen molar-refractivity contribution in [1.82, 2.24) is 0 Å². The van der Waals surface area contributed by atoms with Gasteiger partial charge in [0.2, 0.25) is 0 Å². The Balaban J connectivity index is 0.00000115. The van der Waals surface area contributed by atoms with Gasteiger partial charge in [-0.1, -0.05) is 36.4 Å². The molecule has 0 atom stereocenters. The van der Waals surface area contributed by atoms with Crippen molar-refractivity contribution in [2.24, 2.45) is 9.98 Å². The third-order valence-electron chi connectivity index (χ3n) is 4.00. The number of para-hydroxylation sites is 2. The zero-order chi connectivity index (χ0) is 13.1. The summed E-state index contributed by atoms with van der Waals surface area (Å²) in [6.07, 6.45) is 0. The van der Waals surface area contributed by atoms with Crippen molar-refractivity contribution < 1.29 is 0 Å². The molecule has 0 fully saturated rings. The second kappa shape index (κ2) is 4.53. The van der Waals surface area contributed by atoms with E-state index >= 15 is 0 Å². The topological polar surface area (TPSA) is 24.7 Å². The number of benzene rings is 3. The zero-order valence-electron chi connectivity index (χ0n) is 11.2. The van der Waals surface area contributed by atoms with Crippen molar-refractivity contribution in [3.05, 3.63) is 81.8 Å². The average molecular weight is 373 g/mol. The molecule has 0 bridgehead atoms. The largest absolute Gasteiger partial charge is 0.248 e. The van der Waals surface area contributed by atoms with E-state index < -0.39 is 0 Å². The molecule has 0 spiro atoms. The fourth-order valence-electron chi connectivity index (χ4n) is 3.10. The van der Waals surface area contributed by atoms with Crippen molar-refractivity contribution in [1.29, 1.82) is 0 Å². The second-order valence-corrected chi connectivity index (χ2v) is 5.11. The predicted octanol–water partition coefficient (Wildman–Crippen LogP) is 2.79. The normalized spacial score (nSPS) is 12.2. The van der Waals surface area contributed by atoms with Crippen LogP contribution in [0.2, 0.25) is 0 Å². The maximum absolute atomic E-state index is 4.83. The van der Waals surface area contributed by atoms with Crippen LogP contribution in [0.3, 0.4) is 0 Å². The van der Waals surface area contributed by atoms with Gasteiger partial charge in [0.1, 0.15) is 0 Å². The van der Waals surface area contributed by atoms with Gasteiger partial charge in [-0.05, 0) is 24.3 Å². The molecular weight excluding hydrogens is 363 g/mol. The Morgan fingerprint density at radius 1 is 0.619 bits per heavy atom. The molecule has 5 rings (SSSR count). The van der Waals surface area contributed by atoms with E-state index in [2.05, 4.69) is 48.5 Å². The number of fused-ring (bicyclic) bond motifs is 6. The van der Waals surface area contributed by atoms with Crippen molar-refractivity contribution in [2.45, 2.75) is 0 Å². The van der Waals surface area contributed by atoms with Gasteiger partial charge in [0.05, 0.1) is 22.1 Å². The molecule has 2 nitrogen and oxygen atoms in total. The molecule has 0 saturated heterocycles. The molecule has 0 aromatic heterocycles. The molecule has 4 radical (unpaired) electrons. The minimum Gasteiger partial charge on any atom is -0.248 e. The molecule has 3 aromatic rings. The molecule has 96 valence electrons. The van der Waals surface area contributed by atoms with E-state index in [1.165, 1.54) is 21.6 Å². The van der Waals surface area contributed by atoms with E-state index in [1.807, 2.05) is 12.1 Å².